The number of benzene rings is 1. The quantitative estimate of drug-likeness (QED) is 0.684. The first-order valence-electron chi connectivity index (χ1n) is 4.10. The summed E-state index contributed by atoms with van der Waals surface area (Å²) in [4.78, 5) is 12.8. The first kappa shape index (κ1) is 9.52. The molecule has 1 aliphatic heterocycles. The van der Waals surface area contributed by atoms with Crippen LogP contribution < -0.4 is 0 Å². The second kappa shape index (κ2) is 3.28. The van der Waals surface area contributed by atoms with Gasteiger partial charge in [-0.2, -0.15) is 0 Å². The molecule has 0 bridgehead atoms. The summed E-state index contributed by atoms with van der Waals surface area (Å²) in [6, 6.07) is 4.12. The number of hydrogen-bond acceptors (Lipinski definition) is 2. The van der Waals surface area contributed by atoms with Gasteiger partial charge in [-0.25, -0.2) is 0 Å². The van der Waals surface area contributed by atoms with Crippen LogP contribution in [-0.2, 0) is 0 Å². The van der Waals surface area contributed by atoms with Crippen molar-refractivity contribution in [1.29, 1.82) is 0 Å². The van der Waals surface area contributed by atoms with E-state index in [2.05, 4.69) is 28.7 Å². The Balaban J connectivity index is 2.64. The number of thioether (sulfide) groups is 1. The summed E-state index contributed by atoms with van der Waals surface area (Å²) in [7, 11) is 0. The molecule has 0 radical (unpaired) electrons. The highest BCUT2D eigenvalue weighted by atomic mass is 127. The summed E-state index contributed by atoms with van der Waals surface area (Å²) in [6.45, 7) is 4.00. The molecule has 0 amide bonds. The molecule has 1 atom stereocenters. The zero-order valence-corrected chi connectivity index (χ0v) is 10.4. The lowest BCUT2D eigenvalue weighted by Crippen LogP contribution is -2.05. The lowest BCUT2D eigenvalue weighted by atomic mass is 10.1. The molecule has 1 nitrogen and oxygen atoms in total. The standard InChI is InChI=1S/C10H9IOS/c1-5-3-7-9(12)6(2)13-10(7)8(11)4-5/h3-4,6H,1-2H3. The lowest BCUT2D eigenvalue weighted by Gasteiger charge is -2.01. The first-order valence-corrected chi connectivity index (χ1v) is 6.06. The van der Waals surface area contributed by atoms with Gasteiger partial charge in [-0.3, -0.25) is 4.79 Å². The highest BCUT2D eigenvalue weighted by molar-refractivity contribution is 14.1. The fourth-order valence-electron chi connectivity index (χ4n) is 1.48. The Morgan fingerprint density at radius 2 is 2.15 bits per heavy atom. The maximum Gasteiger partial charge on any atom is 0.177 e. The number of Topliss-reactive ketones (excluding diaryl/α,β-unsaturated/α-hetero) is 1. The van der Waals surface area contributed by atoms with Gasteiger partial charge in [0.2, 0.25) is 0 Å². The van der Waals surface area contributed by atoms with Crippen molar-refractivity contribution in [2.24, 2.45) is 0 Å². The van der Waals surface area contributed by atoms with E-state index in [1.165, 1.54) is 14.0 Å². The zero-order valence-electron chi connectivity index (χ0n) is 7.43. The average molecular weight is 304 g/mol. The molecule has 1 aromatic carbocycles. The molecule has 3 heteroatoms. The minimum Gasteiger partial charge on any atom is -0.293 e. The van der Waals surface area contributed by atoms with E-state index in [9.17, 15) is 4.79 Å². The Morgan fingerprint density at radius 1 is 1.46 bits per heavy atom. The van der Waals surface area contributed by atoms with Gasteiger partial charge >= 0.3 is 0 Å². The van der Waals surface area contributed by atoms with Gasteiger partial charge in [0.05, 0.1) is 5.25 Å². The molecule has 0 fully saturated rings. The fourth-order valence-corrected chi connectivity index (χ4v) is 3.69. The topological polar surface area (TPSA) is 17.1 Å². The Hall–Kier alpha value is -0.0300. The zero-order chi connectivity index (χ0) is 9.59. The number of carbonyl (C=O) groups is 1. The van der Waals surface area contributed by atoms with Gasteiger partial charge in [0, 0.05) is 14.0 Å². The van der Waals surface area contributed by atoms with E-state index in [1.54, 1.807) is 11.8 Å². The fraction of sp³-hybridized carbons (Fsp3) is 0.300. The molecule has 1 heterocycles. The van der Waals surface area contributed by atoms with Crippen molar-refractivity contribution in [3.63, 3.8) is 0 Å². The Morgan fingerprint density at radius 3 is 2.85 bits per heavy atom. The number of halogens is 1. The van der Waals surface area contributed by atoms with Gasteiger partial charge < -0.3 is 0 Å². The Bertz CT molecular complexity index is 387. The van der Waals surface area contributed by atoms with Crippen LogP contribution in [0.4, 0.5) is 0 Å². The normalized spacial score (nSPS) is 20.5. The van der Waals surface area contributed by atoms with Gasteiger partial charge in [0.1, 0.15) is 0 Å². The molecule has 0 aliphatic carbocycles. The first-order chi connectivity index (χ1) is 6.09. The van der Waals surface area contributed by atoms with Crippen molar-refractivity contribution < 1.29 is 4.79 Å². The summed E-state index contributed by atoms with van der Waals surface area (Å²) in [5.41, 5.74) is 2.09. The molecule has 0 N–H and O–H groups in total. The number of rotatable bonds is 0. The van der Waals surface area contributed by atoms with Crippen LogP contribution >= 0.6 is 34.4 Å². The maximum absolute atomic E-state index is 11.7. The number of ketones is 1. The van der Waals surface area contributed by atoms with E-state index in [1.807, 2.05) is 19.9 Å². The summed E-state index contributed by atoms with van der Waals surface area (Å²) in [5.74, 6) is 0.279. The van der Waals surface area contributed by atoms with E-state index in [4.69, 9.17) is 0 Å². The average Bonchev–Trinajstić information content (AvgIpc) is 2.32. The van der Waals surface area contributed by atoms with Crippen LogP contribution in [0, 0.1) is 10.5 Å². The van der Waals surface area contributed by atoms with E-state index >= 15 is 0 Å². The number of carbonyl (C=O) groups excluding carboxylic acids is 1. The van der Waals surface area contributed by atoms with Crippen molar-refractivity contribution >= 4 is 40.1 Å². The van der Waals surface area contributed by atoms with E-state index in [-0.39, 0.29) is 11.0 Å². The Labute approximate surface area is 95.4 Å². The van der Waals surface area contributed by atoms with Gasteiger partial charge in [0.15, 0.2) is 5.78 Å². The Kier molecular flexibility index (Phi) is 2.40. The molecular weight excluding hydrogens is 295 g/mol. The summed E-state index contributed by atoms with van der Waals surface area (Å²) >= 11 is 3.98. The van der Waals surface area contributed by atoms with Crippen LogP contribution in [0.2, 0.25) is 0 Å². The summed E-state index contributed by atoms with van der Waals surface area (Å²) < 4.78 is 1.20. The minimum atomic E-state index is 0.102. The molecule has 1 unspecified atom stereocenters. The maximum atomic E-state index is 11.7. The third-order valence-corrected chi connectivity index (χ3v) is 4.58. The SMILES string of the molecule is Cc1cc(I)c2c(c1)C(=O)C(C)S2. The van der Waals surface area contributed by atoms with Crippen LogP contribution in [0.25, 0.3) is 0 Å². The predicted molar refractivity (Wildman–Crippen MR) is 63.5 cm³/mol. The van der Waals surface area contributed by atoms with Gasteiger partial charge in [-0.15, -0.1) is 11.8 Å². The molecule has 13 heavy (non-hydrogen) atoms. The van der Waals surface area contributed by atoms with Crippen LogP contribution in [0.1, 0.15) is 22.8 Å². The molecule has 0 saturated heterocycles. The van der Waals surface area contributed by atoms with Crippen molar-refractivity contribution in [3.05, 3.63) is 26.8 Å². The monoisotopic (exact) mass is 304 g/mol. The predicted octanol–water partition coefficient (Wildman–Crippen LogP) is 3.28. The molecule has 1 aromatic rings. The van der Waals surface area contributed by atoms with Crippen molar-refractivity contribution in [2.45, 2.75) is 24.0 Å². The van der Waals surface area contributed by atoms with Crippen LogP contribution in [-0.4, -0.2) is 11.0 Å². The number of hydrogen-bond donors (Lipinski definition) is 0. The van der Waals surface area contributed by atoms with Gasteiger partial charge in [-0.1, -0.05) is 0 Å². The molecule has 0 spiro atoms. The summed E-state index contributed by atoms with van der Waals surface area (Å²) in [6.07, 6.45) is 0. The molecule has 1 aliphatic rings. The smallest absolute Gasteiger partial charge is 0.177 e. The second-order valence-electron chi connectivity index (χ2n) is 3.25. The van der Waals surface area contributed by atoms with Crippen molar-refractivity contribution in [3.8, 4) is 0 Å². The van der Waals surface area contributed by atoms with Crippen molar-refractivity contribution in [2.75, 3.05) is 0 Å². The third-order valence-electron chi connectivity index (χ3n) is 2.12. The highest BCUT2D eigenvalue weighted by Crippen LogP contribution is 2.40. The van der Waals surface area contributed by atoms with E-state index in [0.29, 0.717) is 0 Å². The number of aryl methyl sites for hydroxylation is 1. The van der Waals surface area contributed by atoms with Crippen LogP contribution in [0.3, 0.4) is 0 Å². The second-order valence-corrected chi connectivity index (χ2v) is 5.76. The largest absolute Gasteiger partial charge is 0.293 e. The molecular formula is C10H9IOS. The van der Waals surface area contributed by atoms with Gasteiger partial charge in [-0.05, 0) is 54.1 Å². The summed E-state index contributed by atoms with van der Waals surface area (Å²) in [5, 5.41) is 0.102. The van der Waals surface area contributed by atoms with E-state index < -0.39 is 0 Å². The molecule has 0 aromatic heterocycles. The van der Waals surface area contributed by atoms with Crippen molar-refractivity contribution in [1.82, 2.24) is 0 Å². The third kappa shape index (κ3) is 1.52. The molecule has 0 saturated carbocycles. The molecule has 68 valence electrons. The van der Waals surface area contributed by atoms with Crippen LogP contribution in [0.15, 0.2) is 17.0 Å². The van der Waals surface area contributed by atoms with Gasteiger partial charge in [0.25, 0.3) is 0 Å². The minimum absolute atomic E-state index is 0.102. The van der Waals surface area contributed by atoms with Crippen LogP contribution in [0.5, 0.6) is 0 Å². The number of fused-ring (bicyclic) bond motifs is 1. The van der Waals surface area contributed by atoms with E-state index in [0.717, 1.165) is 5.56 Å². The highest BCUT2D eigenvalue weighted by Gasteiger charge is 2.29. The lowest BCUT2D eigenvalue weighted by molar-refractivity contribution is 0.0996. The molecule has 2 rings (SSSR count).